The maximum absolute atomic E-state index is 11.7. The average Bonchev–Trinajstić information content (AvgIpc) is 2.31. The molecular weight excluding hydrogens is 259 g/mol. The molecule has 1 amide bonds. The predicted molar refractivity (Wildman–Crippen MR) is 72.5 cm³/mol. The van der Waals surface area contributed by atoms with E-state index in [1.807, 2.05) is 6.92 Å². The van der Waals surface area contributed by atoms with Gasteiger partial charge < -0.3 is 11.1 Å². The van der Waals surface area contributed by atoms with Crippen molar-refractivity contribution in [3.8, 4) is 0 Å². The zero-order valence-electron chi connectivity index (χ0n) is 9.67. The molecule has 1 rings (SSSR count). The van der Waals surface area contributed by atoms with Crippen LogP contribution in [0.1, 0.15) is 19.8 Å². The zero-order valence-corrected chi connectivity index (χ0v) is 11.2. The van der Waals surface area contributed by atoms with Crippen molar-refractivity contribution in [2.75, 3.05) is 11.9 Å². The SMILES string of the molecule is CC(CN)CCC(=O)Nc1c(Cl)cccc1Cl. The maximum atomic E-state index is 11.7. The second-order valence-corrected chi connectivity index (χ2v) is 4.84. The van der Waals surface area contributed by atoms with Crippen LogP contribution in [-0.4, -0.2) is 12.5 Å². The van der Waals surface area contributed by atoms with Gasteiger partial charge in [0.1, 0.15) is 0 Å². The molecule has 0 aliphatic heterocycles. The monoisotopic (exact) mass is 274 g/mol. The van der Waals surface area contributed by atoms with Crippen LogP contribution in [0.25, 0.3) is 0 Å². The summed E-state index contributed by atoms with van der Waals surface area (Å²) >= 11 is 11.9. The molecule has 0 spiro atoms. The molecule has 0 aliphatic rings. The molecule has 0 radical (unpaired) electrons. The molecule has 17 heavy (non-hydrogen) atoms. The number of hydrogen-bond acceptors (Lipinski definition) is 2. The number of carbonyl (C=O) groups is 1. The number of nitrogens with two attached hydrogens (primary N) is 1. The van der Waals surface area contributed by atoms with Crippen LogP contribution in [0.3, 0.4) is 0 Å². The molecule has 0 aromatic heterocycles. The summed E-state index contributed by atoms with van der Waals surface area (Å²) in [5.41, 5.74) is 5.96. The Hall–Kier alpha value is -0.770. The molecule has 3 N–H and O–H groups in total. The topological polar surface area (TPSA) is 55.1 Å². The molecule has 0 aliphatic carbocycles. The van der Waals surface area contributed by atoms with Gasteiger partial charge in [0, 0.05) is 6.42 Å². The Balaban J connectivity index is 2.56. The van der Waals surface area contributed by atoms with E-state index in [9.17, 15) is 4.79 Å². The van der Waals surface area contributed by atoms with E-state index in [1.54, 1.807) is 18.2 Å². The third-order valence-corrected chi connectivity index (χ3v) is 3.12. The summed E-state index contributed by atoms with van der Waals surface area (Å²) in [5.74, 6) is 0.239. The standard InChI is InChI=1S/C12H16Cl2N2O/c1-8(7-15)5-6-11(17)16-12-9(13)3-2-4-10(12)14/h2-4,8H,5-7,15H2,1H3,(H,16,17). The Kier molecular flexibility index (Phi) is 5.75. The zero-order chi connectivity index (χ0) is 12.8. The highest BCUT2D eigenvalue weighted by Crippen LogP contribution is 2.29. The van der Waals surface area contributed by atoms with Crippen molar-refractivity contribution in [1.82, 2.24) is 0 Å². The summed E-state index contributed by atoms with van der Waals surface area (Å²) in [4.78, 5) is 11.7. The lowest BCUT2D eigenvalue weighted by Crippen LogP contribution is -2.16. The van der Waals surface area contributed by atoms with Gasteiger partial charge in [-0.15, -0.1) is 0 Å². The van der Waals surface area contributed by atoms with Crippen molar-refractivity contribution in [1.29, 1.82) is 0 Å². The molecule has 0 saturated carbocycles. The maximum Gasteiger partial charge on any atom is 0.224 e. The summed E-state index contributed by atoms with van der Waals surface area (Å²) in [6, 6.07) is 5.11. The summed E-state index contributed by atoms with van der Waals surface area (Å²) in [7, 11) is 0. The van der Waals surface area contributed by atoms with Crippen molar-refractivity contribution >= 4 is 34.8 Å². The highest BCUT2D eigenvalue weighted by Gasteiger charge is 2.10. The first-order chi connectivity index (χ1) is 8.04. The fraction of sp³-hybridized carbons (Fsp3) is 0.417. The van der Waals surface area contributed by atoms with Gasteiger partial charge in [-0.1, -0.05) is 36.2 Å². The van der Waals surface area contributed by atoms with E-state index >= 15 is 0 Å². The molecule has 94 valence electrons. The Morgan fingerprint density at radius 1 is 1.41 bits per heavy atom. The van der Waals surface area contributed by atoms with E-state index in [-0.39, 0.29) is 5.91 Å². The molecule has 5 heteroatoms. The minimum absolute atomic E-state index is 0.0969. The van der Waals surface area contributed by atoms with Crippen LogP contribution >= 0.6 is 23.2 Å². The van der Waals surface area contributed by atoms with Gasteiger partial charge in [-0.25, -0.2) is 0 Å². The first kappa shape index (κ1) is 14.3. The van der Waals surface area contributed by atoms with E-state index in [4.69, 9.17) is 28.9 Å². The Labute approximate surface area is 111 Å². The van der Waals surface area contributed by atoms with Gasteiger partial charge in [-0.2, -0.15) is 0 Å². The van der Waals surface area contributed by atoms with Crippen LogP contribution in [0.5, 0.6) is 0 Å². The van der Waals surface area contributed by atoms with Gasteiger partial charge >= 0.3 is 0 Å². The van der Waals surface area contributed by atoms with Gasteiger partial charge in [0.25, 0.3) is 0 Å². The second kappa shape index (κ2) is 6.84. The Bertz CT molecular complexity index is 376. The summed E-state index contributed by atoms with van der Waals surface area (Å²) in [5, 5.41) is 3.60. The van der Waals surface area contributed by atoms with Crippen molar-refractivity contribution < 1.29 is 4.79 Å². The van der Waals surface area contributed by atoms with Crippen LogP contribution in [-0.2, 0) is 4.79 Å². The van der Waals surface area contributed by atoms with Gasteiger partial charge in [0.15, 0.2) is 0 Å². The summed E-state index contributed by atoms with van der Waals surface area (Å²) < 4.78 is 0. The third kappa shape index (κ3) is 4.54. The van der Waals surface area contributed by atoms with Gasteiger partial charge in [-0.05, 0) is 31.0 Å². The molecule has 0 fully saturated rings. The van der Waals surface area contributed by atoms with Crippen molar-refractivity contribution in [2.45, 2.75) is 19.8 Å². The van der Waals surface area contributed by atoms with E-state index in [2.05, 4.69) is 5.32 Å². The first-order valence-corrected chi connectivity index (χ1v) is 6.24. The predicted octanol–water partition coefficient (Wildman–Crippen LogP) is 3.31. The molecule has 1 atom stereocenters. The van der Waals surface area contributed by atoms with Crippen LogP contribution in [0.15, 0.2) is 18.2 Å². The van der Waals surface area contributed by atoms with Crippen LogP contribution in [0.4, 0.5) is 5.69 Å². The average molecular weight is 275 g/mol. The number of anilines is 1. The summed E-state index contributed by atoms with van der Waals surface area (Å²) in [6.45, 7) is 2.59. The fourth-order valence-electron chi connectivity index (χ4n) is 1.31. The molecule has 0 heterocycles. The number of para-hydroxylation sites is 1. The largest absolute Gasteiger partial charge is 0.330 e. The Morgan fingerprint density at radius 3 is 2.53 bits per heavy atom. The highest BCUT2D eigenvalue weighted by atomic mass is 35.5. The number of rotatable bonds is 5. The number of hydrogen-bond donors (Lipinski definition) is 2. The molecule has 1 aromatic rings. The van der Waals surface area contributed by atoms with E-state index < -0.39 is 0 Å². The van der Waals surface area contributed by atoms with Crippen LogP contribution in [0, 0.1) is 5.92 Å². The minimum atomic E-state index is -0.0969. The van der Waals surface area contributed by atoms with Gasteiger partial charge in [0.05, 0.1) is 15.7 Å². The molecule has 1 unspecified atom stereocenters. The van der Waals surface area contributed by atoms with E-state index in [0.29, 0.717) is 34.6 Å². The Morgan fingerprint density at radius 2 is 2.00 bits per heavy atom. The van der Waals surface area contributed by atoms with E-state index in [0.717, 1.165) is 6.42 Å². The molecule has 0 saturated heterocycles. The van der Waals surface area contributed by atoms with Gasteiger partial charge in [-0.3, -0.25) is 4.79 Å². The smallest absolute Gasteiger partial charge is 0.224 e. The lowest BCUT2D eigenvalue weighted by Gasteiger charge is -2.10. The molecule has 3 nitrogen and oxygen atoms in total. The van der Waals surface area contributed by atoms with E-state index in [1.165, 1.54) is 0 Å². The second-order valence-electron chi connectivity index (χ2n) is 4.02. The van der Waals surface area contributed by atoms with Gasteiger partial charge in [0.2, 0.25) is 5.91 Å². The minimum Gasteiger partial charge on any atom is -0.330 e. The number of amides is 1. The number of nitrogens with one attached hydrogen (secondary N) is 1. The lowest BCUT2D eigenvalue weighted by atomic mass is 10.1. The van der Waals surface area contributed by atoms with Crippen molar-refractivity contribution in [3.05, 3.63) is 28.2 Å². The molecular formula is C12H16Cl2N2O. The third-order valence-electron chi connectivity index (χ3n) is 2.49. The number of halogens is 2. The van der Waals surface area contributed by atoms with Crippen molar-refractivity contribution in [3.63, 3.8) is 0 Å². The number of carbonyl (C=O) groups excluding carboxylic acids is 1. The lowest BCUT2D eigenvalue weighted by molar-refractivity contribution is -0.116. The molecule has 0 bridgehead atoms. The van der Waals surface area contributed by atoms with Crippen LogP contribution in [0.2, 0.25) is 10.0 Å². The van der Waals surface area contributed by atoms with Crippen molar-refractivity contribution in [2.24, 2.45) is 11.7 Å². The molecule has 1 aromatic carbocycles. The normalized spacial score (nSPS) is 12.2. The quantitative estimate of drug-likeness (QED) is 0.866. The number of benzene rings is 1. The van der Waals surface area contributed by atoms with Crippen LogP contribution < -0.4 is 11.1 Å². The first-order valence-electron chi connectivity index (χ1n) is 5.48. The summed E-state index contributed by atoms with van der Waals surface area (Å²) in [6.07, 6.45) is 1.17. The fourth-order valence-corrected chi connectivity index (χ4v) is 1.81. The highest BCUT2D eigenvalue weighted by molar-refractivity contribution is 6.39.